The lowest BCUT2D eigenvalue weighted by Gasteiger charge is -2.29. The van der Waals surface area contributed by atoms with Gasteiger partial charge in [-0.1, -0.05) is 12.8 Å². The Hall–Kier alpha value is -0.0800. The maximum absolute atomic E-state index is 3.65. The molecule has 0 spiro atoms. The summed E-state index contributed by atoms with van der Waals surface area (Å²) in [5.41, 5.74) is 0. The molecule has 2 aliphatic rings. The fourth-order valence-corrected chi connectivity index (χ4v) is 2.04. The Labute approximate surface area is 62.4 Å². The molecule has 0 aromatic rings. The Balaban J connectivity index is 1.96. The predicted octanol–water partition coefficient (Wildman–Crippen LogP) is 0.490. The minimum absolute atomic E-state index is 0.779. The molecular weight excluding hydrogens is 124 g/mol. The fraction of sp³-hybridized carbons (Fsp3) is 1.00. The predicted molar refractivity (Wildman–Crippen MR) is 42.0 cm³/mol. The third-order valence-electron chi connectivity index (χ3n) is 2.61. The average molecular weight is 140 g/mol. The first-order chi connectivity index (χ1) is 4.95. The van der Waals surface area contributed by atoms with Crippen LogP contribution < -0.4 is 10.6 Å². The summed E-state index contributed by atoms with van der Waals surface area (Å²) >= 11 is 0. The first kappa shape index (κ1) is 6.62. The number of hydrogen-bond donors (Lipinski definition) is 2. The molecule has 2 aliphatic heterocycles. The van der Waals surface area contributed by atoms with Crippen molar-refractivity contribution >= 4 is 0 Å². The minimum Gasteiger partial charge on any atom is -0.314 e. The first-order valence-corrected chi connectivity index (χ1v) is 4.42. The van der Waals surface area contributed by atoms with E-state index in [0.29, 0.717) is 0 Å². The Bertz CT molecular complexity index is 102. The van der Waals surface area contributed by atoms with Crippen molar-refractivity contribution in [2.45, 2.75) is 37.8 Å². The number of hydrogen-bond acceptors (Lipinski definition) is 2. The molecule has 2 bridgehead atoms. The number of rotatable bonds is 0. The maximum Gasteiger partial charge on any atom is 0.0195 e. The smallest absolute Gasteiger partial charge is 0.0195 e. The van der Waals surface area contributed by atoms with Crippen LogP contribution in [0.1, 0.15) is 25.7 Å². The van der Waals surface area contributed by atoms with Crippen LogP contribution in [-0.2, 0) is 0 Å². The summed E-state index contributed by atoms with van der Waals surface area (Å²) < 4.78 is 0. The Kier molecular flexibility index (Phi) is 1.91. The molecular formula is C8H16N2. The number of fused-ring (bicyclic) bond motifs is 2. The molecule has 2 rings (SSSR count). The molecule has 2 unspecified atom stereocenters. The van der Waals surface area contributed by atoms with E-state index in [1.54, 1.807) is 0 Å². The van der Waals surface area contributed by atoms with Gasteiger partial charge in [0.05, 0.1) is 0 Å². The van der Waals surface area contributed by atoms with Crippen LogP contribution >= 0.6 is 0 Å². The second kappa shape index (κ2) is 2.89. The van der Waals surface area contributed by atoms with E-state index >= 15 is 0 Å². The van der Waals surface area contributed by atoms with Crippen LogP contribution in [0.4, 0.5) is 0 Å². The van der Waals surface area contributed by atoms with E-state index in [4.69, 9.17) is 0 Å². The van der Waals surface area contributed by atoms with Gasteiger partial charge in [0.25, 0.3) is 0 Å². The van der Waals surface area contributed by atoms with E-state index in [0.717, 1.165) is 12.1 Å². The Morgan fingerprint density at radius 3 is 2.10 bits per heavy atom. The minimum atomic E-state index is 0.779. The summed E-state index contributed by atoms with van der Waals surface area (Å²) in [5, 5.41) is 7.12. The maximum atomic E-state index is 3.65. The summed E-state index contributed by atoms with van der Waals surface area (Å²) in [7, 11) is 0. The molecule has 2 N–H and O–H groups in total. The van der Waals surface area contributed by atoms with Crippen molar-refractivity contribution in [3.05, 3.63) is 0 Å². The SMILES string of the molecule is C1CCC2CNCC(C1)N2. The summed E-state index contributed by atoms with van der Waals surface area (Å²) in [6.45, 7) is 2.38. The fourth-order valence-electron chi connectivity index (χ4n) is 2.04. The van der Waals surface area contributed by atoms with E-state index in [1.807, 2.05) is 0 Å². The van der Waals surface area contributed by atoms with E-state index in [9.17, 15) is 0 Å². The molecule has 0 aliphatic carbocycles. The molecule has 2 saturated heterocycles. The van der Waals surface area contributed by atoms with Crippen LogP contribution in [-0.4, -0.2) is 25.2 Å². The Morgan fingerprint density at radius 2 is 1.50 bits per heavy atom. The summed E-state index contributed by atoms with van der Waals surface area (Å²) in [6, 6.07) is 1.56. The van der Waals surface area contributed by atoms with Gasteiger partial charge in [-0.3, -0.25) is 0 Å². The highest BCUT2D eigenvalue weighted by atomic mass is 15.1. The van der Waals surface area contributed by atoms with Gasteiger partial charge in [0.2, 0.25) is 0 Å². The van der Waals surface area contributed by atoms with E-state index in [1.165, 1.54) is 38.8 Å². The van der Waals surface area contributed by atoms with Crippen molar-refractivity contribution < 1.29 is 0 Å². The molecule has 0 radical (unpaired) electrons. The molecule has 2 heterocycles. The standard InChI is InChI=1S/C8H16N2/c1-2-4-8-6-9-5-7(3-1)10-8/h7-10H,1-6H2. The van der Waals surface area contributed by atoms with Crippen LogP contribution in [0, 0.1) is 0 Å². The molecule has 2 heteroatoms. The quantitative estimate of drug-likeness (QED) is 0.511. The topological polar surface area (TPSA) is 24.1 Å². The molecule has 0 amide bonds. The number of nitrogens with one attached hydrogen (secondary N) is 2. The lowest BCUT2D eigenvalue weighted by molar-refractivity contribution is 0.342. The van der Waals surface area contributed by atoms with Crippen LogP contribution in [0.5, 0.6) is 0 Å². The van der Waals surface area contributed by atoms with Gasteiger partial charge in [0.15, 0.2) is 0 Å². The third-order valence-corrected chi connectivity index (χ3v) is 2.61. The van der Waals surface area contributed by atoms with Crippen molar-refractivity contribution in [1.82, 2.24) is 10.6 Å². The second-order valence-corrected chi connectivity index (χ2v) is 3.50. The molecule has 2 atom stereocenters. The normalized spacial score (nSPS) is 40.8. The monoisotopic (exact) mass is 140 g/mol. The highest BCUT2D eigenvalue weighted by Gasteiger charge is 2.22. The molecule has 2 fully saturated rings. The van der Waals surface area contributed by atoms with Crippen LogP contribution in [0.25, 0.3) is 0 Å². The molecule has 0 saturated carbocycles. The van der Waals surface area contributed by atoms with Crippen molar-refractivity contribution in [1.29, 1.82) is 0 Å². The average Bonchev–Trinajstić information content (AvgIpc) is 2.12. The van der Waals surface area contributed by atoms with E-state index in [2.05, 4.69) is 10.6 Å². The van der Waals surface area contributed by atoms with Gasteiger partial charge in [-0.25, -0.2) is 0 Å². The molecule has 0 aromatic carbocycles. The van der Waals surface area contributed by atoms with Gasteiger partial charge in [-0.2, -0.15) is 0 Å². The summed E-state index contributed by atoms with van der Waals surface area (Å²) in [5.74, 6) is 0. The van der Waals surface area contributed by atoms with Gasteiger partial charge in [0.1, 0.15) is 0 Å². The van der Waals surface area contributed by atoms with Crippen LogP contribution in [0.15, 0.2) is 0 Å². The second-order valence-electron chi connectivity index (χ2n) is 3.50. The summed E-state index contributed by atoms with van der Waals surface area (Å²) in [6.07, 6.45) is 5.61. The zero-order valence-electron chi connectivity index (χ0n) is 6.40. The number of piperazine rings is 1. The Morgan fingerprint density at radius 1 is 0.900 bits per heavy atom. The van der Waals surface area contributed by atoms with Gasteiger partial charge in [-0.05, 0) is 12.8 Å². The van der Waals surface area contributed by atoms with Gasteiger partial charge >= 0.3 is 0 Å². The van der Waals surface area contributed by atoms with E-state index in [-0.39, 0.29) is 0 Å². The van der Waals surface area contributed by atoms with Crippen molar-refractivity contribution in [3.8, 4) is 0 Å². The summed E-state index contributed by atoms with van der Waals surface area (Å²) in [4.78, 5) is 0. The van der Waals surface area contributed by atoms with Gasteiger partial charge in [0, 0.05) is 25.2 Å². The highest BCUT2D eigenvalue weighted by Crippen LogP contribution is 2.14. The zero-order chi connectivity index (χ0) is 6.81. The van der Waals surface area contributed by atoms with Crippen LogP contribution in [0.3, 0.4) is 0 Å². The largest absolute Gasteiger partial charge is 0.314 e. The van der Waals surface area contributed by atoms with E-state index < -0.39 is 0 Å². The van der Waals surface area contributed by atoms with Crippen molar-refractivity contribution in [2.24, 2.45) is 0 Å². The molecule has 0 aromatic heterocycles. The van der Waals surface area contributed by atoms with Gasteiger partial charge in [-0.15, -0.1) is 0 Å². The lowest BCUT2D eigenvalue weighted by atomic mass is 10.1. The lowest BCUT2D eigenvalue weighted by Crippen LogP contribution is -2.53. The van der Waals surface area contributed by atoms with Crippen molar-refractivity contribution in [3.63, 3.8) is 0 Å². The zero-order valence-corrected chi connectivity index (χ0v) is 6.40. The molecule has 10 heavy (non-hydrogen) atoms. The molecule has 2 nitrogen and oxygen atoms in total. The van der Waals surface area contributed by atoms with Crippen molar-refractivity contribution in [2.75, 3.05) is 13.1 Å². The highest BCUT2D eigenvalue weighted by molar-refractivity contribution is 4.85. The third kappa shape index (κ3) is 1.32. The molecule has 58 valence electrons. The first-order valence-electron chi connectivity index (χ1n) is 4.42. The van der Waals surface area contributed by atoms with Gasteiger partial charge < -0.3 is 10.6 Å². The van der Waals surface area contributed by atoms with Crippen LogP contribution in [0.2, 0.25) is 0 Å².